The van der Waals surface area contributed by atoms with E-state index in [-0.39, 0.29) is 35.7 Å². The van der Waals surface area contributed by atoms with Crippen molar-refractivity contribution in [2.24, 2.45) is 11.3 Å². The minimum Gasteiger partial charge on any atom is -0.486 e. The number of rotatable bonds is 2. The number of hydrogen-bond donors (Lipinski definition) is 2. The molecule has 27 heavy (non-hydrogen) atoms. The molecule has 6 nitrogen and oxygen atoms in total. The first-order valence-corrected chi connectivity index (χ1v) is 9.64. The second kappa shape index (κ2) is 4.99. The van der Waals surface area contributed by atoms with E-state index < -0.39 is 22.7 Å². The highest BCUT2D eigenvalue weighted by molar-refractivity contribution is 5.91. The lowest BCUT2D eigenvalue weighted by Crippen LogP contribution is -2.67. The maximum absolute atomic E-state index is 12.4. The fraction of sp³-hybridized carbons (Fsp3) is 0.619. The van der Waals surface area contributed by atoms with Crippen LogP contribution >= 0.6 is 0 Å². The zero-order valence-corrected chi connectivity index (χ0v) is 15.9. The van der Waals surface area contributed by atoms with Gasteiger partial charge in [0.2, 0.25) is 0 Å². The molecule has 0 aromatic rings. The standard InChI is InChI=1S/C21H25NO5/c1-11(23)20(25)6-4-13-10-15-14-5-7-21(26,12(2)24)18-19(14,8-9-22(15)3)16(13)17(20)27-18/h4-5,7,14-15,18,25-26H,6,8-10H2,1-3H3/t14-,15+,18+,19-,20+,21+/m0/s1. The van der Waals surface area contributed by atoms with Gasteiger partial charge < -0.3 is 19.8 Å². The fourth-order valence-electron chi connectivity index (χ4n) is 6.17. The number of ketones is 2. The van der Waals surface area contributed by atoms with Gasteiger partial charge in [0, 0.05) is 29.4 Å². The number of nitrogens with zero attached hydrogens (tertiary/aromatic N) is 1. The summed E-state index contributed by atoms with van der Waals surface area (Å²) in [6, 6.07) is 0.246. The Labute approximate surface area is 158 Å². The van der Waals surface area contributed by atoms with E-state index in [0.29, 0.717) is 6.42 Å². The molecule has 0 aromatic heterocycles. The third-order valence-corrected chi connectivity index (χ3v) is 7.72. The molecule has 3 aliphatic carbocycles. The lowest BCUT2D eigenvalue weighted by molar-refractivity contribution is -0.166. The van der Waals surface area contributed by atoms with Crippen molar-refractivity contribution in [3.8, 4) is 0 Å². The van der Waals surface area contributed by atoms with Gasteiger partial charge in [-0.2, -0.15) is 0 Å². The topological polar surface area (TPSA) is 87.1 Å². The van der Waals surface area contributed by atoms with E-state index in [4.69, 9.17) is 4.74 Å². The number of likely N-dealkylation sites (tertiary alicyclic amines) is 1. The molecule has 1 saturated heterocycles. The Hall–Kier alpha value is -1.76. The second-order valence-corrected chi connectivity index (χ2v) is 8.86. The summed E-state index contributed by atoms with van der Waals surface area (Å²) in [5.41, 5.74) is -2.10. The van der Waals surface area contributed by atoms with Gasteiger partial charge in [0.25, 0.3) is 0 Å². The monoisotopic (exact) mass is 371 g/mol. The van der Waals surface area contributed by atoms with Crippen molar-refractivity contribution in [3.63, 3.8) is 0 Å². The molecule has 2 N–H and O–H groups in total. The molecule has 144 valence electrons. The van der Waals surface area contributed by atoms with Crippen molar-refractivity contribution < 1.29 is 24.5 Å². The van der Waals surface area contributed by atoms with Crippen molar-refractivity contribution in [2.75, 3.05) is 13.6 Å². The Morgan fingerprint density at radius 3 is 2.67 bits per heavy atom. The largest absolute Gasteiger partial charge is 0.486 e. The summed E-state index contributed by atoms with van der Waals surface area (Å²) in [5, 5.41) is 22.5. The van der Waals surface area contributed by atoms with Crippen LogP contribution in [0.4, 0.5) is 0 Å². The van der Waals surface area contributed by atoms with Crippen LogP contribution in [-0.4, -0.2) is 63.6 Å². The van der Waals surface area contributed by atoms with Crippen molar-refractivity contribution in [1.82, 2.24) is 4.90 Å². The summed E-state index contributed by atoms with van der Waals surface area (Å²) >= 11 is 0. The molecule has 0 unspecified atom stereocenters. The molecular formula is C21H25NO5. The first-order chi connectivity index (χ1) is 12.7. The molecular weight excluding hydrogens is 346 g/mol. The van der Waals surface area contributed by atoms with E-state index in [1.807, 2.05) is 12.2 Å². The summed E-state index contributed by atoms with van der Waals surface area (Å²) in [5.74, 6) is -0.413. The lowest BCUT2D eigenvalue weighted by atomic mass is 9.49. The molecule has 0 amide bonds. The Morgan fingerprint density at radius 2 is 2.00 bits per heavy atom. The van der Waals surface area contributed by atoms with Gasteiger partial charge in [-0.1, -0.05) is 12.2 Å². The summed E-state index contributed by atoms with van der Waals surface area (Å²) in [4.78, 5) is 27.1. The molecule has 1 saturated carbocycles. The smallest absolute Gasteiger partial charge is 0.183 e. The summed E-state index contributed by atoms with van der Waals surface area (Å²) < 4.78 is 6.24. The Balaban J connectivity index is 1.80. The van der Waals surface area contributed by atoms with E-state index in [1.54, 1.807) is 6.08 Å². The first kappa shape index (κ1) is 17.3. The van der Waals surface area contributed by atoms with E-state index in [2.05, 4.69) is 11.9 Å². The quantitative estimate of drug-likeness (QED) is 0.701. The fourth-order valence-corrected chi connectivity index (χ4v) is 6.17. The molecule has 2 fully saturated rings. The van der Waals surface area contributed by atoms with Gasteiger partial charge in [-0.05, 0) is 51.9 Å². The van der Waals surface area contributed by atoms with Crippen LogP contribution in [0.1, 0.15) is 33.1 Å². The SMILES string of the molecule is CC(=O)[C@]1(O)CC=C2C[C@@H]3[C@@H]4C=C[C@@](O)(C(C)=O)[C@@H]5OC1=C2[C@@]54CCN3C. The summed E-state index contributed by atoms with van der Waals surface area (Å²) in [6.45, 7) is 3.54. The molecule has 2 bridgehead atoms. The molecule has 6 atom stereocenters. The van der Waals surface area contributed by atoms with Gasteiger partial charge in [-0.25, -0.2) is 0 Å². The molecule has 5 aliphatic rings. The minimum absolute atomic E-state index is 0.0693. The zero-order valence-electron chi connectivity index (χ0n) is 15.9. The van der Waals surface area contributed by atoms with Gasteiger partial charge in [0.05, 0.1) is 0 Å². The predicted molar refractivity (Wildman–Crippen MR) is 96.6 cm³/mol. The number of carbonyl (C=O) groups excluding carboxylic acids is 2. The zero-order chi connectivity index (χ0) is 19.4. The second-order valence-electron chi connectivity index (χ2n) is 8.86. The number of Topliss-reactive ketones (excluding diaryl/α,β-unsaturated/α-hetero) is 2. The Bertz CT molecular complexity index is 872. The van der Waals surface area contributed by atoms with Gasteiger partial charge in [-0.3, -0.25) is 9.59 Å². The summed E-state index contributed by atoms with van der Waals surface area (Å²) in [6.07, 6.45) is 6.39. The lowest BCUT2D eigenvalue weighted by Gasteiger charge is -2.59. The molecule has 0 radical (unpaired) electrons. The van der Waals surface area contributed by atoms with E-state index >= 15 is 0 Å². The van der Waals surface area contributed by atoms with Crippen LogP contribution in [0.5, 0.6) is 0 Å². The van der Waals surface area contributed by atoms with Crippen LogP contribution in [0.15, 0.2) is 35.1 Å². The van der Waals surface area contributed by atoms with Crippen molar-refractivity contribution in [3.05, 3.63) is 35.1 Å². The van der Waals surface area contributed by atoms with Crippen LogP contribution < -0.4 is 0 Å². The van der Waals surface area contributed by atoms with Crippen molar-refractivity contribution in [2.45, 2.75) is 56.5 Å². The summed E-state index contributed by atoms with van der Waals surface area (Å²) in [7, 11) is 2.10. The van der Waals surface area contributed by atoms with Crippen LogP contribution in [0, 0.1) is 11.3 Å². The molecule has 2 aliphatic heterocycles. The van der Waals surface area contributed by atoms with Crippen LogP contribution in [0.3, 0.4) is 0 Å². The highest BCUT2D eigenvalue weighted by atomic mass is 16.5. The third-order valence-electron chi connectivity index (χ3n) is 7.72. The normalized spacial score (nSPS) is 47.3. The number of piperidine rings is 1. The molecule has 2 heterocycles. The van der Waals surface area contributed by atoms with Crippen LogP contribution in [0.2, 0.25) is 0 Å². The highest BCUT2D eigenvalue weighted by Gasteiger charge is 2.71. The Kier molecular flexibility index (Phi) is 3.20. The van der Waals surface area contributed by atoms with Crippen LogP contribution in [0.25, 0.3) is 0 Å². The minimum atomic E-state index is -1.76. The molecule has 5 rings (SSSR count). The highest BCUT2D eigenvalue weighted by Crippen LogP contribution is 2.67. The van der Waals surface area contributed by atoms with E-state index in [0.717, 1.165) is 24.1 Å². The van der Waals surface area contributed by atoms with Gasteiger partial charge in [0.1, 0.15) is 11.9 Å². The van der Waals surface area contributed by atoms with Crippen molar-refractivity contribution in [1.29, 1.82) is 0 Å². The van der Waals surface area contributed by atoms with Crippen molar-refractivity contribution >= 4 is 11.6 Å². The average Bonchev–Trinajstić information content (AvgIpc) is 2.98. The number of hydrogen-bond acceptors (Lipinski definition) is 6. The third kappa shape index (κ3) is 1.77. The number of carbonyl (C=O) groups is 2. The van der Waals surface area contributed by atoms with Crippen LogP contribution in [-0.2, 0) is 14.3 Å². The number of ether oxygens (including phenoxy) is 1. The molecule has 1 spiro atoms. The van der Waals surface area contributed by atoms with E-state index in [9.17, 15) is 19.8 Å². The maximum atomic E-state index is 12.4. The molecule has 6 heteroatoms. The average molecular weight is 371 g/mol. The van der Waals surface area contributed by atoms with Gasteiger partial charge >= 0.3 is 0 Å². The predicted octanol–water partition coefficient (Wildman–Crippen LogP) is 0.890. The van der Waals surface area contributed by atoms with Gasteiger partial charge in [0.15, 0.2) is 22.8 Å². The number of aliphatic hydroxyl groups is 2. The van der Waals surface area contributed by atoms with Gasteiger partial charge in [-0.15, -0.1) is 0 Å². The van der Waals surface area contributed by atoms with E-state index in [1.165, 1.54) is 13.8 Å². The first-order valence-electron chi connectivity index (χ1n) is 9.64. The Morgan fingerprint density at radius 1 is 1.26 bits per heavy atom. The maximum Gasteiger partial charge on any atom is 0.183 e. The molecule has 0 aromatic carbocycles.